The van der Waals surface area contributed by atoms with E-state index in [-0.39, 0.29) is 6.42 Å². The van der Waals surface area contributed by atoms with E-state index in [9.17, 15) is 25.2 Å². The van der Waals surface area contributed by atoms with Gasteiger partial charge in [-0.3, -0.25) is 4.79 Å². The maximum Gasteiger partial charge on any atom is 0.192 e. The van der Waals surface area contributed by atoms with Crippen LogP contribution in [-0.2, 0) is 9.53 Å². The van der Waals surface area contributed by atoms with Gasteiger partial charge < -0.3 is 40.5 Å². The van der Waals surface area contributed by atoms with Crippen LogP contribution in [0, 0.1) is 0 Å². The van der Waals surface area contributed by atoms with E-state index in [1.54, 1.807) is 0 Å². The van der Waals surface area contributed by atoms with Gasteiger partial charge in [0.15, 0.2) is 5.78 Å². The summed E-state index contributed by atoms with van der Waals surface area (Å²) < 4.78 is 5.01. The van der Waals surface area contributed by atoms with Crippen LogP contribution in [0.3, 0.4) is 0 Å². The summed E-state index contributed by atoms with van der Waals surface area (Å²) in [5, 5.41) is 64.6. The lowest BCUT2D eigenvalue weighted by molar-refractivity contribution is -0.156. The quantitative estimate of drug-likeness (QED) is 0.245. The van der Waals surface area contributed by atoms with E-state index in [1.807, 2.05) is 0 Å². The van der Waals surface area contributed by atoms with Crippen LogP contribution in [0.25, 0.3) is 0 Å². The lowest BCUT2D eigenvalue weighted by atomic mass is 9.96. The minimum atomic E-state index is -2.05. The summed E-state index contributed by atoms with van der Waals surface area (Å²) in [6.45, 7) is -1.36. The summed E-state index contributed by atoms with van der Waals surface area (Å²) in [5.41, 5.74) is 0. The van der Waals surface area contributed by atoms with E-state index in [4.69, 9.17) is 20.1 Å². The van der Waals surface area contributed by atoms with Crippen molar-refractivity contribution < 1.29 is 45.3 Å². The molecule has 1 aliphatic heterocycles. The highest BCUT2D eigenvalue weighted by atomic mass is 16.5. The first-order valence-corrected chi connectivity index (χ1v) is 6.14. The predicted octanol–water partition coefficient (Wildman–Crippen LogP) is -4.50. The van der Waals surface area contributed by atoms with Gasteiger partial charge in [-0.1, -0.05) is 0 Å². The first-order valence-electron chi connectivity index (χ1n) is 6.14. The summed E-state index contributed by atoms with van der Waals surface area (Å²) >= 11 is 0. The van der Waals surface area contributed by atoms with Crippen LogP contribution in [0.1, 0.15) is 6.42 Å². The zero-order chi connectivity index (χ0) is 15.4. The zero-order valence-electron chi connectivity index (χ0n) is 10.6. The summed E-state index contributed by atoms with van der Waals surface area (Å²) in [5.74, 6) is -0.989. The second kappa shape index (κ2) is 7.38. The molecule has 0 radical (unpaired) electrons. The molecule has 0 aromatic rings. The van der Waals surface area contributed by atoms with E-state index in [0.717, 1.165) is 0 Å². The SMILES string of the molecule is O=C(C1C[C@H](O)[C@@H](CO)O1)C(O)C(O)C(O)C(O)CO. The van der Waals surface area contributed by atoms with Gasteiger partial charge in [0.2, 0.25) is 0 Å². The van der Waals surface area contributed by atoms with Gasteiger partial charge in [0.05, 0.1) is 19.3 Å². The highest BCUT2D eigenvalue weighted by molar-refractivity contribution is 5.88. The number of ketones is 1. The van der Waals surface area contributed by atoms with Gasteiger partial charge in [-0.05, 0) is 0 Å². The summed E-state index contributed by atoms with van der Waals surface area (Å²) in [6, 6.07) is 0. The molecule has 0 amide bonds. The van der Waals surface area contributed by atoms with E-state index in [0.29, 0.717) is 0 Å². The van der Waals surface area contributed by atoms with Crippen LogP contribution in [0.15, 0.2) is 0 Å². The van der Waals surface area contributed by atoms with E-state index in [2.05, 4.69) is 0 Å². The molecule has 0 aromatic heterocycles. The molecule has 0 spiro atoms. The van der Waals surface area contributed by atoms with E-state index < -0.39 is 61.7 Å². The molecule has 1 rings (SSSR count). The zero-order valence-corrected chi connectivity index (χ0v) is 10.6. The highest BCUT2D eigenvalue weighted by Crippen LogP contribution is 2.23. The molecule has 9 nitrogen and oxygen atoms in total. The van der Waals surface area contributed by atoms with Gasteiger partial charge in [-0.25, -0.2) is 0 Å². The third kappa shape index (κ3) is 3.71. The highest BCUT2D eigenvalue weighted by Gasteiger charge is 2.43. The van der Waals surface area contributed by atoms with E-state index in [1.165, 1.54) is 0 Å². The summed E-state index contributed by atoms with van der Waals surface area (Å²) in [4.78, 5) is 11.8. The maximum atomic E-state index is 11.8. The van der Waals surface area contributed by atoms with E-state index >= 15 is 0 Å². The Bertz CT molecular complexity index is 323. The van der Waals surface area contributed by atoms with Crippen molar-refractivity contribution in [1.82, 2.24) is 0 Å². The number of ether oxygens (including phenoxy) is 1. The van der Waals surface area contributed by atoms with Crippen molar-refractivity contribution in [3.8, 4) is 0 Å². The Morgan fingerprint density at radius 1 is 1.15 bits per heavy atom. The third-order valence-electron chi connectivity index (χ3n) is 3.27. The normalized spacial score (nSPS) is 32.6. The van der Waals surface area contributed by atoms with Crippen molar-refractivity contribution in [2.75, 3.05) is 13.2 Å². The number of carbonyl (C=O) groups excluding carboxylic acids is 1. The molecule has 7 atom stereocenters. The molecular formula is C11H20O9. The molecule has 7 N–H and O–H groups in total. The van der Waals surface area contributed by atoms with Gasteiger partial charge >= 0.3 is 0 Å². The molecule has 1 aliphatic rings. The Kier molecular flexibility index (Phi) is 6.43. The second-order valence-electron chi connectivity index (χ2n) is 4.73. The standard InChI is InChI=1S/C11H20O9/c12-2-5(15)8(16)10(18)11(19)9(17)6-1-4(14)7(3-13)20-6/h4-8,10-16,18-19H,1-3H2/t4-,5?,6?,7+,8?,10?,11?/m0/s1. The number of rotatable bonds is 7. The van der Waals surface area contributed by atoms with Crippen LogP contribution in [0.5, 0.6) is 0 Å². The molecule has 0 bridgehead atoms. The summed E-state index contributed by atoms with van der Waals surface area (Å²) in [6.07, 6.45) is -11.1. The third-order valence-corrected chi connectivity index (χ3v) is 3.27. The molecule has 9 heteroatoms. The molecule has 1 saturated heterocycles. The first kappa shape index (κ1) is 17.4. The fourth-order valence-electron chi connectivity index (χ4n) is 1.96. The van der Waals surface area contributed by atoms with Crippen LogP contribution in [0.2, 0.25) is 0 Å². The van der Waals surface area contributed by atoms with Crippen LogP contribution < -0.4 is 0 Å². The fraction of sp³-hybridized carbons (Fsp3) is 0.909. The fourth-order valence-corrected chi connectivity index (χ4v) is 1.96. The molecule has 1 heterocycles. The molecule has 118 valence electrons. The Morgan fingerprint density at radius 2 is 1.75 bits per heavy atom. The lowest BCUT2D eigenvalue weighted by Gasteiger charge is -2.26. The average Bonchev–Trinajstić information content (AvgIpc) is 2.84. The first-order chi connectivity index (χ1) is 9.33. The topological polar surface area (TPSA) is 168 Å². The minimum Gasteiger partial charge on any atom is -0.394 e. The van der Waals surface area contributed by atoms with Gasteiger partial charge in [0, 0.05) is 6.42 Å². The van der Waals surface area contributed by atoms with Crippen molar-refractivity contribution >= 4 is 5.78 Å². The number of aliphatic hydroxyl groups excluding tert-OH is 7. The lowest BCUT2D eigenvalue weighted by Crippen LogP contribution is -2.50. The number of carbonyl (C=O) groups is 1. The monoisotopic (exact) mass is 296 g/mol. The molecule has 5 unspecified atom stereocenters. The van der Waals surface area contributed by atoms with Crippen molar-refractivity contribution in [3.63, 3.8) is 0 Å². The van der Waals surface area contributed by atoms with Crippen molar-refractivity contribution in [1.29, 1.82) is 0 Å². The second-order valence-corrected chi connectivity index (χ2v) is 4.73. The van der Waals surface area contributed by atoms with Crippen LogP contribution in [0.4, 0.5) is 0 Å². The minimum absolute atomic E-state index is 0.160. The Balaban J connectivity index is 2.63. The number of hydrogen-bond acceptors (Lipinski definition) is 9. The number of hydrogen-bond donors (Lipinski definition) is 7. The Labute approximate surface area is 114 Å². The van der Waals surface area contributed by atoms with Crippen LogP contribution in [-0.4, -0.2) is 97.5 Å². The summed E-state index contributed by atoms with van der Waals surface area (Å²) in [7, 11) is 0. The molecular weight excluding hydrogens is 276 g/mol. The maximum absolute atomic E-state index is 11.8. The van der Waals surface area contributed by atoms with Crippen molar-refractivity contribution in [3.05, 3.63) is 0 Å². The van der Waals surface area contributed by atoms with Gasteiger partial charge in [-0.15, -0.1) is 0 Å². The smallest absolute Gasteiger partial charge is 0.192 e. The van der Waals surface area contributed by atoms with Crippen molar-refractivity contribution in [2.24, 2.45) is 0 Å². The van der Waals surface area contributed by atoms with Gasteiger partial charge in [-0.2, -0.15) is 0 Å². The Hall–Kier alpha value is -0.650. The number of Topliss-reactive ketones (excluding diaryl/α,β-unsaturated/α-hetero) is 1. The van der Waals surface area contributed by atoms with Crippen molar-refractivity contribution in [2.45, 2.75) is 49.1 Å². The van der Waals surface area contributed by atoms with Crippen LogP contribution >= 0.6 is 0 Å². The molecule has 0 saturated carbocycles. The average molecular weight is 296 g/mol. The molecule has 0 aliphatic carbocycles. The number of aliphatic hydroxyl groups is 7. The molecule has 20 heavy (non-hydrogen) atoms. The molecule has 0 aromatic carbocycles. The Morgan fingerprint density at radius 3 is 2.20 bits per heavy atom. The largest absolute Gasteiger partial charge is 0.394 e. The predicted molar refractivity (Wildman–Crippen MR) is 62.5 cm³/mol. The molecule has 1 fully saturated rings. The van der Waals surface area contributed by atoms with Gasteiger partial charge in [0.1, 0.15) is 36.6 Å². The van der Waals surface area contributed by atoms with Gasteiger partial charge in [0.25, 0.3) is 0 Å².